The average Bonchev–Trinajstić information content (AvgIpc) is 2.92. The first kappa shape index (κ1) is 14.5. The lowest BCUT2D eigenvalue weighted by molar-refractivity contribution is -0.119. The molecule has 2 amide bonds. The Hall–Kier alpha value is -1.88. The summed E-state index contributed by atoms with van der Waals surface area (Å²) in [6.45, 7) is 4.57. The first-order valence-electron chi connectivity index (χ1n) is 7.01. The second-order valence-electron chi connectivity index (χ2n) is 5.36. The molecule has 1 aliphatic rings. The third kappa shape index (κ3) is 3.81. The number of hydrogen-bond acceptors (Lipinski definition) is 3. The van der Waals surface area contributed by atoms with E-state index in [4.69, 9.17) is 0 Å². The average molecular weight is 275 g/mol. The van der Waals surface area contributed by atoms with Crippen LogP contribution in [0.25, 0.3) is 0 Å². The number of benzene rings is 1. The SMILES string of the molecule is CC(C)C(=O)Nc1cccc(NC(=O)C2CCCN2)c1. The Morgan fingerprint density at radius 3 is 2.55 bits per heavy atom. The second kappa shape index (κ2) is 6.52. The van der Waals surface area contributed by atoms with Gasteiger partial charge in [0, 0.05) is 17.3 Å². The van der Waals surface area contributed by atoms with Crippen LogP contribution in [0.15, 0.2) is 24.3 Å². The van der Waals surface area contributed by atoms with Gasteiger partial charge in [-0.1, -0.05) is 19.9 Å². The van der Waals surface area contributed by atoms with Gasteiger partial charge in [-0.25, -0.2) is 0 Å². The van der Waals surface area contributed by atoms with Gasteiger partial charge < -0.3 is 16.0 Å². The summed E-state index contributed by atoms with van der Waals surface area (Å²) in [5.41, 5.74) is 1.39. The van der Waals surface area contributed by atoms with Gasteiger partial charge in [0.15, 0.2) is 0 Å². The molecule has 2 rings (SSSR count). The van der Waals surface area contributed by atoms with Crippen LogP contribution in [-0.4, -0.2) is 24.4 Å². The molecule has 1 aliphatic heterocycles. The summed E-state index contributed by atoms with van der Waals surface area (Å²) in [5, 5.41) is 8.85. The normalized spacial score (nSPS) is 18.1. The summed E-state index contributed by atoms with van der Waals surface area (Å²) >= 11 is 0. The number of carbonyl (C=O) groups excluding carboxylic acids is 2. The molecule has 1 aromatic carbocycles. The van der Waals surface area contributed by atoms with E-state index in [1.165, 1.54) is 0 Å². The summed E-state index contributed by atoms with van der Waals surface area (Å²) in [7, 11) is 0. The molecule has 0 aromatic heterocycles. The standard InChI is InChI=1S/C15H21N3O2/c1-10(2)14(19)17-11-5-3-6-12(9-11)18-15(20)13-7-4-8-16-13/h3,5-6,9-10,13,16H,4,7-8H2,1-2H3,(H,17,19)(H,18,20). The van der Waals surface area contributed by atoms with Crippen LogP contribution in [0.5, 0.6) is 0 Å². The lowest BCUT2D eigenvalue weighted by Crippen LogP contribution is -2.35. The smallest absolute Gasteiger partial charge is 0.241 e. The lowest BCUT2D eigenvalue weighted by atomic mass is 10.2. The molecule has 1 unspecified atom stereocenters. The highest BCUT2D eigenvalue weighted by atomic mass is 16.2. The fourth-order valence-electron chi connectivity index (χ4n) is 2.10. The zero-order valence-corrected chi connectivity index (χ0v) is 11.9. The van der Waals surface area contributed by atoms with Crippen LogP contribution in [0.2, 0.25) is 0 Å². The van der Waals surface area contributed by atoms with E-state index in [1.54, 1.807) is 6.07 Å². The maximum atomic E-state index is 12.0. The molecule has 0 bridgehead atoms. The van der Waals surface area contributed by atoms with Crippen LogP contribution in [0.4, 0.5) is 11.4 Å². The van der Waals surface area contributed by atoms with Crippen molar-refractivity contribution in [2.24, 2.45) is 5.92 Å². The van der Waals surface area contributed by atoms with Gasteiger partial charge in [0.1, 0.15) is 0 Å². The van der Waals surface area contributed by atoms with Crippen LogP contribution >= 0.6 is 0 Å². The van der Waals surface area contributed by atoms with Crippen molar-refractivity contribution in [3.8, 4) is 0 Å². The van der Waals surface area contributed by atoms with Crippen molar-refractivity contribution >= 4 is 23.2 Å². The van der Waals surface area contributed by atoms with Crippen LogP contribution in [0, 0.1) is 5.92 Å². The van der Waals surface area contributed by atoms with E-state index in [0.29, 0.717) is 11.4 Å². The van der Waals surface area contributed by atoms with Gasteiger partial charge >= 0.3 is 0 Å². The van der Waals surface area contributed by atoms with Crippen LogP contribution in [-0.2, 0) is 9.59 Å². The van der Waals surface area contributed by atoms with Crippen LogP contribution < -0.4 is 16.0 Å². The molecule has 1 saturated heterocycles. The number of amides is 2. The topological polar surface area (TPSA) is 70.2 Å². The maximum absolute atomic E-state index is 12.0. The third-order valence-electron chi connectivity index (χ3n) is 3.30. The van der Waals surface area contributed by atoms with Crippen LogP contribution in [0.1, 0.15) is 26.7 Å². The Labute approximate surface area is 119 Å². The zero-order chi connectivity index (χ0) is 14.5. The maximum Gasteiger partial charge on any atom is 0.241 e. The molecule has 3 N–H and O–H groups in total. The molecule has 108 valence electrons. The number of anilines is 2. The van der Waals surface area contributed by atoms with E-state index >= 15 is 0 Å². The molecule has 5 nitrogen and oxygen atoms in total. The van der Waals surface area contributed by atoms with Crippen molar-refractivity contribution in [2.45, 2.75) is 32.7 Å². The number of rotatable bonds is 4. The first-order valence-corrected chi connectivity index (χ1v) is 7.01. The quantitative estimate of drug-likeness (QED) is 0.787. The lowest BCUT2D eigenvalue weighted by Gasteiger charge is -2.13. The summed E-state index contributed by atoms with van der Waals surface area (Å²) in [4.78, 5) is 23.6. The van der Waals surface area contributed by atoms with Gasteiger partial charge in [-0.2, -0.15) is 0 Å². The summed E-state index contributed by atoms with van der Waals surface area (Å²) in [6, 6.07) is 7.10. The molecule has 1 fully saturated rings. The minimum absolute atomic E-state index is 0.0187. The van der Waals surface area contributed by atoms with Gasteiger partial charge in [-0.3, -0.25) is 9.59 Å². The van der Waals surface area contributed by atoms with Gasteiger partial charge in [0.05, 0.1) is 6.04 Å². The Balaban J connectivity index is 1.98. The van der Waals surface area contributed by atoms with Crippen molar-refractivity contribution in [1.29, 1.82) is 0 Å². The van der Waals surface area contributed by atoms with Gasteiger partial charge in [-0.05, 0) is 37.6 Å². The van der Waals surface area contributed by atoms with Crippen molar-refractivity contribution < 1.29 is 9.59 Å². The molecule has 1 atom stereocenters. The van der Waals surface area contributed by atoms with E-state index in [2.05, 4.69) is 16.0 Å². The number of carbonyl (C=O) groups is 2. The fourth-order valence-corrected chi connectivity index (χ4v) is 2.10. The zero-order valence-electron chi connectivity index (χ0n) is 11.9. The van der Waals surface area contributed by atoms with Crippen molar-refractivity contribution in [3.63, 3.8) is 0 Å². The summed E-state index contributed by atoms with van der Waals surface area (Å²) < 4.78 is 0. The first-order chi connectivity index (χ1) is 9.56. The minimum atomic E-state index is -0.107. The molecule has 20 heavy (non-hydrogen) atoms. The molecule has 5 heteroatoms. The highest BCUT2D eigenvalue weighted by Crippen LogP contribution is 2.17. The minimum Gasteiger partial charge on any atom is -0.326 e. The Bertz CT molecular complexity index is 494. The monoisotopic (exact) mass is 275 g/mol. The van der Waals surface area contributed by atoms with Gasteiger partial charge in [0.2, 0.25) is 11.8 Å². The van der Waals surface area contributed by atoms with E-state index in [0.717, 1.165) is 19.4 Å². The van der Waals surface area contributed by atoms with E-state index in [1.807, 2.05) is 32.0 Å². The molecule has 1 aromatic rings. The Morgan fingerprint density at radius 2 is 1.95 bits per heavy atom. The summed E-state index contributed by atoms with van der Waals surface area (Å²) in [6.07, 6.45) is 1.90. The van der Waals surface area contributed by atoms with E-state index < -0.39 is 0 Å². The largest absolute Gasteiger partial charge is 0.326 e. The van der Waals surface area contributed by atoms with Crippen molar-refractivity contribution in [1.82, 2.24) is 5.32 Å². The van der Waals surface area contributed by atoms with Crippen molar-refractivity contribution in [2.75, 3.05) is 17.2 Å². The molecule has 1 heterocycles. The Kier molecular flexibility index (Phi) is 4.74. The highest BCUT2D eigenvalue weighted by molar-refractivity contribution is 5.96. The fraction of sp³-hybridized carbons (Fsp3) is 0.467. The van der Waals surface area contributed by atoms with E-state index in [9.17, 15) is 9.59 Å². The number of hydrogen-bond donors (Lipinski definition) is 3. The highest BCUT2D eigenvalue weighted by Gasteiger charge is 2.21. The second-order valence-corrected chi connectivity index (χ2v) is 5.36. The molecular weight excluding hydrogens is 254 g/mol. The van der Waals surface area contributed by atoms with Crippen molar-refractivity contribution in [3.05, 3.63) is 24.3 Å². The third-order valence-corrected chi connectivity index (χ3v) is 3.30. The molecule has 0 saturated carbocycles. The molecule has 0 aliphatic carbocycles. The molecule has 0 spiro atoms. The predicted molar refractivity (Wildman–Crippen MR) is 79.6 cm³/mol. The van der Waals surface area contributed by atoms with Gasteiger partial charge in [0.25, 0.3) is 0 Å². The van der Waals surface area contributed by atoms with Gasteiger partial charge in [-0.15, -0.1) is 0 Å². The Morgan fingerprint density at radius 1 is 1.25 bits per heavy atom. The van der Waals surface area contributed by atoms with E-state index in [-0.39, 0.29) is 23.8 Å². The molecular formula is C15H21N3O2. The number of nitrogens with one attached hydrogen (secondary N) is 3. The summed E-state index contributed by atoms with van der Waals surface area (Å²) in [5.74, 6) is -0.128. The predicted octanol–water partition coefficient (Wildman–Crippen LogP) is 1.97. The molecule has 0 radical (unpaired) electrons. The van der Waals surface area contributed by atoms with Crippen LogP contribution in [0.3, 0.4) is 0 Å².